The van der Waals surface area contributed by atoms with E-state index in [-0.39, 0.29) is 11.5 Å². The lowest BCUT2D eigenvalue weighted by molar-refractivity contribution is 0.333. The molecule has 0 bridgehead atoms. The summed E-state index contributed by atoms with van der Waals surface area (Å²) in [6.07, 6.45) is 3.67. The second-order valence-electron chi connectivity index (χ2n) is 5.70. The molecule has 0 aliphatic rings. The third-order valence-corrected chi connectivity index (χ3v) is 3.91. The smallest absolute Gasteiger partial charge is 0.137 e. The van der Waals surface area contributed by atoms with E-state index in [1.807, 2.05) is 26.2 Å². The molecular formula is C18H24N2O. The fourth-order valence-corrected chi connectivity index (χ4v) is 2.82. The molecule has 1 unspecified atom stereocenters. The molecule has 0 saturated carbocycles. The average Bonchev–Trinajstić information content (AvgIpc) is 2.49. The van der Waals surface area contributed by atoms with Crippen molar-refractivity contribution in [1.29, 1.82) is 0 Å². The molecule has 3 heteroatoms. The van der Waals surface area contributed by atoms with Crippen molar-refractivity contribution in [2.75, 3.05) is 13.7 Å². The number of nitrogens with zero attached hydrogens (tertiary/aromatic N) is 1. The zero-order valence-corrected chi connectivity index (χ0v) is 13.3. The first kappa shape index (κ1) is 15.5. The number of aromatic nitrogens is 1. The fourth-order valence-electron chi connectivity index (χ4n) is 2.82. The lowest BCUT2D eigenvalue weighted by Crippen LogP contribution is -2.35. The number of nitrogens with one attached hydrogen (secondary N) is 1. The van der Waals surface area contributed by atoms with Crippen molar-refractivity contribution in [3.8, 4) is 5.75 Å². The molecule has 0 amide bonds. The third kappa shape index (κ3) is 3.42. The molecule has 0 fully saturated rings. The van der Waals surface area contributed by atoms with Gasteiger partial charge in [0.1, 0.15) is 5.75 Å². The fraction of sp³-hybridized carbons (Fsp3) is 0.389. The Morgan fingerprint density at radius 3 is 2.52 bits per heavy atom. The predicted octanol–water partition coefficient (Wildman–Crippen LogP) is 3.72. The molecule has 1 N–H and O–H groups in total. The van der Waals surface area contributed by atoms with Gasteiger partial charge in [-0.1, -0.05) is 44.2 Å². The van der Waals surface area contributed by atoms with Crippen LogP contribution in [0.1, 0.15) is 37.9 Å². The zero-order chi connectivity index (χ0) is 15.3. The van der Waals surface area contributed by atoms with Crippen LogP contribution in [0.2, 0.25) is 0 Å². The number of hydrogen-bond acceptors (Lipinski definition) is 3. The van der Waals surface area contributed by atoms with E-state index >= 15 is 0 Å². The van der Waals surface area contributed by atoms with Crippen LogP contribution in [0.15, 0.2) is 48.8 Å². The second kappa shape index (κ2) is 6.72. The maximum Gasteiger partial charge on any atom is 0.137 e. The molecule has 1 aromatic carbocycles. The van der Waals surface area contributed by atoms with Gasteiger partial charge in [0.25, 0.3) is 0 Å². The summed E-state index contributed by atoms with van der Waals surface area (Å²) in [6.45, 7) is 7.13. The van der Waals surface area contributed by atoms with E-state index < -0.39 is 0 Å². The van der Waals surface area contributed by atoms with Crippen LogP contribution in [-0.4, -0.2) is 18.6 Å². The molecule has 21 heavy (non-hydrogen) atoms. The van der Waals surface area contributed by atoms with Crippen LogP contribution in [0.5, 0.6) is 5.75 Å². The van der Waals surface area contributed by atoms with Crippen molar-refractivity contribution in [2.45, 2.75) is 32.2 Å². The number of rotatable bonds is 6. The van der Waals surface area contributed by atoms with E-state index in [9.17, 15) is 0 Å². The van der Waals surface area contributed by atoms with E-state index in [1.165, 1.54) is 5.56 Å². The number of hydrogen-bond donors (Lipinski definition) is 1. The molecule has 0 aliphatic carbocycles. The summed E-state index contributed by atoms with van der Waals surface area (Å²) in [6, 6.07) is 12.8. The van der Waals surface area contributed by atoms with Crippen LogP contribution < -0.4 is 10.1 Å². The van der Waals surface area contributed by atoms with Crippen LogP contribution in [-0.2, 0) is 5.41 Å². The first-order chi connectivity index (χ1) is 10.1. The van der Waals surface area contributed by atoms with Gasteiger partial charge in [0.2, 0.25) is 0 Å². The molecule has 0 spiro atoms. The van der Waals surface area contributed by atoms with Gasteiger partial charge in [-0.15, -0.1) is 0 Å². The Balaban J connectivity index is 2.37. The minimum absolute atomic E-state index is 0.0530. The first-order valence-electron chi connectivity index (χ1n) is 7.40. The minimum atomic E-state index is -0.0530. The molecule has 112 valence electrons. The maximum atomic E-state index is 5.57. The summed E-state index contributed by atoms with van der Waals surface area (Å²) < 4.78 is 5.57. The maximum absolute atomic E-state index is 5.57. The highest BCUT2D eigenvalue weighted by molar-refractivity contribution is 5.33. The Kier molecular flexibility index (Phi) is 4.97. The van der Waals surface area contributed by atoms with Gasteiger partial charge in [-0.3, -0.25) is 4.98 Å². The normalized spacial score (nSPS) is 13.0. The lowest BCUT2D eigenvalue weighted by atomic mass is 9.75. The molecule has 0 aliphatic heterocycles. The Hall–Kier alpha value is -1.87. The largest absolute Gasteiger partial charge is 0.492 e. The molecule has 2 rings (SSSR count). The number of likely N-dealkylation sites (N-methyl/N-ethyl adjacent to an activating group) is 1. The molecule has 1 atom stereocenters. The van der Waals surface area contributed by atoms with Gasteiger partial charge in [-0.25, -0.2) is 0 Å². The highest BCUT2D eigenvalue weighted by atomic mass is 16.5. The number of benzene rings is 1. The lowest BCUT2D eigenvalue weighted by Gasteiger charge is -2.35. The van der Waals surface area contributed by atoms with E-state index in [4.69, 9.17) is 4.74 Å². The van der Waals surface area contributed by atoms with Crippen molar-refractivity contribution in [3.63, 3.8) is 0 Å². The van der Waals surface area contributed by atoms with Gasteiger partial charge in [-0.2, -0.15) is 0 Å². The monoisotopic (exact) mass is 284 g/mol. The molecular weight excluding hydrogens is 260 g/mol. The Bertz CT molecular complexity index is 566. The summed E-state index contributed by atoms with van der Waals surface area (Å²) in [5, 5.41) is 3.43. The van der Waals surface area contributed by atoms with E-state index in [0.29, 0.717) is 6.61 Å². The van der Waals surface area contributed by atoms with Gasteiger partial charge in [-0.05, 0) is 31.2 Å². The summed E-state index contributed by atoms with van der Waals surface area (Å²) in [4.78, 5) is 4.31. The Morgan fingerprint density at radius 2 is 1.90 bits per heavy atom. The number of ether oxygens (including phenoxy) is 1. The quantitative estimate of drug-likeness (QED) is 0.878. The first-order valence-corrected chi connectivity index (χ1v) is 7.40. The van der Waals surface area contributed by atoms with Gasteiger partial charge in [0, 0.05) is 17.7 Å². The van der Waals surface area contributed by atoms with Crippen LogP contribution in [0.25, 0.3) is 0 Å². The molecule has 1 heterocycles. The summed E-state index contributed by atoms with van der Waals surface area (Å²) in [7, 11) is 1.99. The van der Waals surface area contributed by atoms with Crippen LogP contribution in [0, 0.1) is 0 Å². The minimum Gasteiger partial charge on any atom is -0.492 e. The van der Waals surface area contributed by atoms with Crippen LogP contribution in [0.3, 0.4) is 0 Å². The molecule has 2 aromatic rings. The van der Waals surface area contributed by atoms with Crippen molar-refractivity contribution in [1.82, 2.24) is 10.3 Å². The predicted molar refractivity (Wildman–Crippen MR) is 86.7 cm³/mol. The zero-order valence-electron chi connectivity index (χ0n) is 13.3. The third-order valence-electron chi connectivity index (χ3n) is 3.91. The van der Waals surface area contributed by atoms with Crippen LogP contribution >= 0.6 is 0 Å². The molecule has 3 nitrogen and oxygen atoms in total. The second-order valence-corrected chi connectivity index (χ2v) is 5.70. The highest BCUT2D eigenvalue weighted by Gasteiger charge is 2.31. The van der Waals surface area contributed by atoms with Gasteiger partial charge >= 0.3 is 0 Å². The summed E-state index contributed by atoms with van der Waals surface area (Å²) >= 11 is 0. The van der Waals surface area contributed by atoms with E-state index in [0.717, 1.165) is 11.3 Å². The van der Waals surface area contributed by atoms with E-state index in [1.54, 1.807) is 6.20 Å². The SMILES string of the molecule is CCOc1cncc(C(NC)C(C)(C)c2ccccc2)c1. The van der Waals surface area contributed by atoms with Gasteiger partial charge in [0.05, 0.1) is 12.8 Å². The topological polar surface area (TPSA) is 34.1 Å². The number of pyridine rings is 1. The van der Waals surface area contributed by atoms with Gasteiger partial charge < -0.3 is 10.1 Å². The van der Waals surface area contributed by atoms with Crippen molar-refractivity contribution in [3.05, 3.63) is 59.9 Å². The summed E-state index contributed by atoms with van der Waals surface area (Å²) in [5.74, 6) is 0.819. The van der Waals surface area contributed by atoms with Gasteiger partial charge in [0.15, 0.2) is 0 Å². The molecule has 0 radical (unpaired) electrons. The molecule has 1 aromatic heterocycles. The molecule has 0 saturated heterocycles. The Labute approximate surface area is 127 Å². The van der Waals surface area contributed by atoms with Crippen molar-refractivity contribution in [2.24, 2.45) is 0 Å². The summed E-state index contributed by atoms with van der Waals surface area (Å²) in [5.41, 5.74) is 2.38. The van der Waals surface area contributed by atoms with Crippen molar-refractivity contribution >= 4 is 0 Å². The standard InChI is InChI=1S/C18H24N2O/c1-5-21-16-11-14(12-20-13-16)17(19-4)18(2,3)15-9-7-6-8-10-15/h6-13,17,19H,5H2,1-4H3. The highest BCUT2D eigenvalue weighted by Crippen LogP contribution is 2.37. The van der Waals surface area contributed by atoms with Crippen molar-refractivity contribution < 1.29 is 4.74 Å². The Morgan fingerprint density at radius 1 is 1.19 bits per heavy atom. The van der Waals surface area contributed by atoms with E-state index in [2.05, 4.69) is 54.5 Å². The average molecular weight is 284 g/mol. The van der Waals surface area contributed by atoms with Crippen LogP contribution in [0.4, 0.5) is 0 Å².